The van der Waals surface area contributed by atoms with Gasteiger partial charge in [-0.1, -0.05) is 12.1 Å². The fourth-order valence-corrected chi connectivity index (χ4v) is 1.86. The molecule has 0 spiro atoms. The molecule has 0 fully saturated rings. The molecule has 1 aromatic carbocycles. The molecular weight excluding hydrogens is 261 g/mol. The molecule has 0 radical (unpaired) electrons. The van der Waals surface area contributed by atoms with Crippen molar-refractivity contribution in [2.24, 2.45) is 0 Å². The first-order chi connectivity index (χ1) is 7.64. The highest BCUT2D eigenvalue weighted by molar-refractivity contribution is 7.92. The van der Waals surface area contributed by atoms with Crippen LogP contribution in [0.5, 0.6) is 0 Å². The number of alkyl halides is 3. The number of sulfone groups is 1. The predicted molar refractivity (Wildman–Crippen MR) is 51.0 cm³/mol. The maximum atomic E-state index is 12.1. The summed E-state index contributed by atoms with van der Waals surface area (Å²) in [7, 11) is -5.37. The molecule has 0 saturated carbocycles. The quantitative estimate of drug-likeness (QED) is 0.904. The summed E-state index contributed by atoms with van der Waals surface area (Å²) in [5.41, 5.74) is -5.14. The maximum Gasteiger partial charge on any atom is 0.501 e. The summed E-state index contributed by atoms with van der Waals surface area (Å²) in [6.07, 6.45) is -0.383. The van der Waals surface area contributed by atoms with E-state index in [2.05, 4.69) is 0 Å². The van der Waals surface area contributed by atoms with Crippen LogP contribution in [-0.4, -0.2) is 25.0 Å². The van der Waals surface area contributed by atoms with Crippen LogP contribution in [0.4, 0.5) is 13.2 Å². The van der Waals surface area contributed by atoms with E-state index in [1.54, 1.807) is 0 Å². The fraction of sp³-hybridized carbons (Fsp3) is 0.222. The lowest BCUT2D eigenvalue weighted by Crippen LogP contribution is -2.23. The van der Waals surface area contributed by atoms with Gasteiger partial charge in [0.2, 0.25) is 0 Å². The molecule has 0 aliphatic heterocycles. The number of carbonyl (C=O) groups is 1. The summed E-state index contributed by atoms with van der Waals surface area (Å²) in [6.45, 7) is 0. The third kappa shape index (κ3) is 2.96. The minimum absolute atomic E-state index is 0.221. The van der Waals surface area contributed by atoms with Crippen molar-refractivity contribution in [2.75, 3.05) is 0 Å². The second kappa shape index (κ2) is 4.36. The number of carboxylic acid groups (broad SMARTS) is 1. The zero-order valence-electron chi connectivity index (χ0n) is 8.23. The summed E-state index contributed by atoms with van der Waals surface area (Å²) >= 11 is 0. The standard InChI is InChI=1S/C9H7F3O4S/c10-9(11,12)17(15,16)7-3-1-6(2-4-7)5-8(13)14/h1-4H,5H2,(H,13,14). The minimum atomic E-state index is -5.37. The van der Waals surface area contributed by atoms with E-state index in [0.29, 0.717) is 0 Å². The maximum absolute atomic E-state index is 12.1. The fourth-order valence-electron chi connectivity index (χ4n) is 1.09. The van der Waals surface area contributed by atoms with Crippen LogP contribution in [0, 0.1) is 0 Å². The Morgan fingerprint density at radius 3 is 2.00 bits per heavy atom. The van der Waals surface area contributed by atoms with Gasteiger partial charge in [-0.2, -0.15) is 13.2 Å². The molecule has 8 heteroatoms. The Morgan fingerprint density at radius 1 is 1.18 bits per heavy atom. The molecule has 0 aliphatic carbocycles. The van der Waals surface area contributed by atoms with Crippen molar-refractivity contribution in [3.05, 3.63) is 29.8 Å². The van der Waals surface area contributed by atoms with E-state index < -0.39 is 26.2 Å². The average Bonchev–Trinajstić information content (AvgIpc) is 2.15. The third-order valence-corrected chi connectivity index (χ3v) is 3.40. The zero-order valence-corrected chi connectivity index (χ0v) is 9.05. The molecule has 0 aromatic heterocycles. The Hall–Kier alpha value is -1.57. The minimum Gasteiger partial charge on any atom is -0.481 e. The first-order valence-corrected chi connectivity index (χ1v) is 5.75. The van der Waals surface area contributed by atoms with Crippen LogP contribution < -0.4 is 0 Å². The predicted octanol–water partition coefficient (Wildman–Crippen LogP) is 1.61. The number of benzene rings is 1. The molecule has 1 aromatic rings. The van der Waals surface area contributed by atoms with Gasteiger partial charge >= 0.3 is 11.5 Å². The normalized spacial score (nSPS) is 12.4. The van der Waals surface area contributed by atoms with E-state index in [-0.39, 0.29) is 12.0 Å². The Labute approximate surface area is 94.6 Å². The number of hydrogen-bond acceptors (Lipinski definition) is 3. The highest BCUT2D eigenvalue weighted by Crippen LogP contribution is 2.30. The molecule has 94 valence electrons. The number of rotatable bonds is 3. The van der Waals surface area contributed by atoms with E-state index in [1.165, 1.54) is 0 Å². The van der Waals surface area contributed by atoms with Gasteiger partial charge in [-0.05, 0) is 17.7 Å². The molecule has 0 saturated heterocycles. The van der Waals surface area contributed by atoms with Crippen LogP contribution in [0.25, 0.3) is 0 Å². The topological polar surface area (TPSA) is 71.4 Å². The molecule has 4 nitrogen and oxygen atoms in total. The lowest BCUT2D eigenvalue weighted by molar-refractivity contribution is -0.136. The van der Waals surface area contributed by atoms with Crippen molar-refractivity contribution in [2.45, 2.75) is 16.8 Å². The first kappa shape index (κ1) is 13.5. The molecule has 0 aliphatic rings. The smallest absolute Gasteiger partial charge is 0.481 e. The summed E-state index contributed by atoms with van der Waals surface area (Å²) in [5.74, 6) is -1.16. The number of hydrogen-bond donors (Lipinski definition) is 1. The molecule has 17 heavy (non-hydrogen) atoms. The Kier molecular flexibility index (Phi) is 3.46. The number of halogens is 3. The van der Waals surface area contributed by atoms with Crippen LogP contribution in [0.15, 0.2) is 29.2 Å². The van der Waals surface area contributed by atoms with Gasteiger partial charge in [0.15, 0.2) is 0 Å². The monoisotopic (exact) mass is 268 g/mol. The van der Waals surface area contributed by atoms with Gasteiger partial charge < -0.3 is 5.11 Å². The van der Waals surface area contributed by atoms with Gasteiger partial charge in [0.1, 0.15) is 0 Å². The van der Waals surface area contributed by atoms with Gasteiger partial charge in [-0.15, -0.1) is 0 Å². The molecule has 0 amide bonds. The molecule has 1 N–H and O–H groups in total. The van der Waals surface area contributed by atoms with Crippen LogP contribution in [0.2, 0.25) is 0 Å². The SMILES string of the molecule is O=C(O)Cc1ccc(S(=O)(=O)C(F)(F)F)cc1. The number of carboxylic acids is 1. The molecule has 0 unspecified atom stereocenters. The Bertz CT molecular complexity index is 516. The lowest BCUT2D eigenvalue weighted by atomic mass is 10.2. The van der Waals surface area contributed by atoms with Gasteiger partial charge in [0, 0.05) is 0 Å². The highest BCUT2D eigenvalue weighted by atomic mass is 32.2. The van der Waals surface area contributed by atoms with E-state index >= 15 is 0 Å². The molecule has 1 rings (SSSR count). The van der Waals surface area contributed by atoms with E-state index in [9.17, 15) is 26.4 Å². The first-order valence-electron chi connectivity index (χ1n) is 4.26. The van der Waals surface area contributed by atoms with Crippen molar-refractivity contribution in [1.29, 1.82) is 0 Å². The van der Waals surface area contributed by atoms with Gasteiger partial charge in [-0.3, -0.25) is 4.79 Å². The largest absolute Gasteiger partial charge is 0.501 e. The van der Waals surface area contributed by atoms with Crippen molar-refractivity contribution >= 4 is 15.8 Å². The number of aliphatic carboxylic acids is 1. The van der Waals surface area contributed by atoms with Crippen LogP contribution in [-0.2, 0) is 21.1 Å². The molecule has 0 heterocycles. The summed E-state index contributed by atoms with van der Waals surface area (Å²) < 4.78 is 58.3. The van der Waals surface area contributed by atoms with Crippen molar-refractivity contribution in [3.8, 4) is 0 Å². The average molecular weight is 268 g/mol. The molecular formula is C9H7F3O4S. The van der Waals surface area contributed by atoms with Gasteiger partial charge in [-0.25, -0.2) is 8.42 Å². The van der Waals surface area contributed by atoms with Crippen molar-refractivity contribution < 1.29 is 31.5 Å². The van der Waals surface area contributed by atoms with Crippen molar-refractivity contribution in [1.82, 2.24) is 0 Å². The van der Waals surface area contributed by atoms with Crippen LogP contribution in [0.1, 0.15) is 5.56 Å². The Morgan fingerprint density at radius 2 is 1.65 bits per heavy atom. The van der Waals surface area contributed by atoms with E-state index in [1.807, 2.05) is 0 Å². The second-order valence-electron chi connectivity index (χ2n) is 3.16. The van der Waals surface area contributed by atoms with E-state index in [4.69, 9.17) is 5.11 Å². The lowest BCUT2D eigenvalue weighted by Gasteiger charge is -2.08. The summed E-state index contributed by atoms with van der Waals surface area (Å²) in [4.78, 5) is 9.41. The highest BCUT2D eigenvalue weighted by Gasteiger charge is 2.46. The van der Waals surface area contributed by atoms with Crippen LogP contribution in [0.3, 0.4) is 0 Å². The van der Waals surface area contributed by atoms with Gasteiger partial charge in [0.05, 0.1) is 11.3 Å². The third-order valence-electron chi connectivity index (χ3n) is 1.89. The summed E-state index contributed by atoms with van der Waals surface area (Å²) in [5, 5.41) is 8.43. The second-order valence-corrected chi connectivity index (χ2v) is 5.10. The van der Waals surface area contributed by atoms with E-state index in [0.717, 1.165) is 24.3 Å². The zero-order chi connectivity index (χ0) is 13.3. The van der Waals surface area contributed by atoms with Crippen LogP contribution >= 0.6 is 0 Å². The molecule has 0 atom stereocenters. The van der Waals surface area contributed by atoms with Gasteiger partial charge in [0.25, 0.3) is 9.84 Å². The Balaban J connectivity index is 3.08. The summed E-state index contributed by atoms with van der Waals surface area (Å²) in [6, 6.07) is 3.54. The van der Waals surface area contributed by atoms with Crippen molar-refractivity contribution in [3.63, 3.8) is 0 Å². The molecule has 0 bridgehead atoms.